The standard InChI is InChI=1S/C26H26N2O5/c1-33-24(30)25-10-16-8-17(11-25)13-26(12-16,15-25)27-14-20-3-2-19(9-22(20)23(27)29)18-4-6-21(7-5-18)28(31)32/h2-7,9,16-17H,8,10-15H2,1H3. The van der Waals surface area contributed by atoms with E-state index in [4.69, 9.17) is 4.74 Å². The van der Waals surface area contributed by atoms with E-state index in [1.54, 1.807) is 12.1 Å². The number of ether oxygens (including phenoxy) is 1. The highest BCUT2D eigenvalue weighted by Crippen LogP contribution is 2.64. The zero-order chi connectivity index (χ0) is 23.0. The molecule has 2 aromatic carbocycles. The van der Waals surface area contributed by atoms with E-state index in [2.05, 4.69) is 0 Å². The van der Waals surface area contributed by atoms with Crippen molar-refractivity contribution >= 4 is 17.6 Å². The molecule has 2 aromatic rings. The first kappa shape index (κ1) is 20.4. The van der Waals surface area contributed by atoms with Crippen LogP contribution in [-0.4, -0.2) is 34.3 Å². The minimum atomic E-state index is -0.447. The molecule has 4 aliphatic carbocycles. The molecule has 0 spiro atoms. The van der Waals surface area contributed by atoms with Gasteiger partial charge in [0.15, 0.2) is 0 Å². The summed E-state index contributed by atoms with van der Waals surface area (Å²) in [6.45, 7) is 0.575. The molecule has 4 saturated carbocycles. The van der Waals surface area contributed by atoms with Crippen molar-refractivity contribution < 1.29 is 19.2 Å². The van der Waals surface area contributed by atoms with Crippen LogP contribution < -0.4 is 0 Å². The number of hydrogen-bond donors (Lipinski definition) is 0. The van der Waals surface area contributed by atoms with E-state index in [0.717, 1.165) is 48.8 Å². The Bertz CT molecular complexity index is 1170. The van der Waals surface area contributed by atoms with Crippen LogP contribution in [0.4, 0.5) is 5.69 Å². The van der Waals surface area contributed by atoms with Crippen LogP contribution in [0, 0.1) is 27.4 Å². The summed E-state index contributed by atoms with van der Waals surface area (Å²) in [4.78, 5) is 39.1. The second-order valence-corrected chi connectivity index (χ2v) is 10.5. The Kier molecular flexibility index (Phi) is 4.26. The lowest BCUT2D eigenvalue weighted by Gasteiger charge is -2.63. The highest BCUT2D eigenvalue weighted by Gasteiger charge is 2.64. The van der Waals surface area contributed by atoms with Crippen LogP contribution in [-0.2, 0) is 16.1 Å². The molecular formula is C26H26N2O5. The third kappa shape index (κ3) is 2.94. The molecule has 1 heterocycles. The van der Waals surface area contributed by atoms with Crippen LogP contribution in [0.1, 0.15) is 54.4 Å². The van der Waals surface area contributed by atoms with Crippen molar-refractivity contribution in [3.05, 3.63) is 63.7 Å². The van der Waals surface area contributed by atoms with Crippen LogP contribution in [0.3, 0.4) is 0 Å². The van der Waals surface area contributed by atoms with Crippen molar-refractivity contribution in [1.82, 2.24) is 4.90 Å². The van der Waals surface area contributed by atoms with E-state index in [0.29, 0.717) is 30.4 Å². The van der Waals surface area contributed by atoms with Gasteiger partial charge in [-0.25, -0.2) is 0 Å². The predicted octanol–water partition coefficient (Wildman–Crippen LogP) is 4.73. The van der Waals surface area contributed by atoms with E-state index in [9.17, 15) is 19.7 Å². The number of amides is 1. The molecule has 33 heavy (non-hydrogen) atoms. The van der Waals surface area contributed by atoms with Crippen LogP contribution in [0.25, 0.3) is 11.1 Å². The first-order valence-corrected chi connectivity index (χ1v) is 11.6. The number of benzene rings is 2. The Balaban J connectivity index is 1.32. The number of nitrogens with zero attached hydrogens (tertiary/aromatic N) is 2. The van der Waals surface area contributed by atoms with E-state index in [1.165, 1.54) is 19.2 Å². The molecule has 0 N–H and O–H groups in total. The number of non-ortho nitro benzene ring substituents is 1. The molecular weight excluding hydrogens is 420 g/mol. The van der Waals surface area contributed by atoms with Gasteiger partial charge in [0.05, 0.1) is 17.4 Å². The fraction of sp³-hybridized carbons (Fsp3) is 0.462. The summed E-state index contributed by atoms with van der Waals surface area (Å²) in [7, 11) is 1.48. The molecule has 0 saturated heterocycles. The van der Waals surface area contributed by atoms with Crippen molar-refractivity contribution in [2.75, 3.05) is 7.11 Å². The monoisotopic (exact) mass is 446 g/mol. The van der Waals surface area contributed by atoms with Gasteiger partial charge in [0.2, 0.25) is 0 Å². The molecule has 7 rings (SSSR count). The molecule has 2 unspecified atom stereocenters. The molecule has 170 valence electrons. The molecule has 4 fully saturated rings. The number of rotatable bonds is 4. The summed E-state index contributed by atoms with van der Waals surface area (Å²) in [5, 5.41) is 11.0. The van der Waals surface area contributed by atoms with Crippen molar-refractivity contribution in [3.63, 3.8) is 0 Å². The number of nitro groups is 1. The second-order valence-electron chi connectivity index (χ2n) is 10.5. The Morgan fingerprint density at radius 1 is 1.06 bits per heavy atom. The van der Waals surface area contributed by atoms with E-state index < -0.39 is 10.3 Å². The Morgan fingerprint density at radius 3 is 2.36 bits per heavy atom. The van der Waals surface area contributed by atoms with Crippen LogP contribution >= 0.6 is 0 Å². The fourth-order valence-electron chi connectivity index (χ4n) is 7.62. The number of fused-ring (bicyclic) bond motifs is 1. The van der Waals surface area contributed by atoms with Gasteiger partial charge in [0, 0.05) is 29.8 Å². The van der Waals surface area contributed by atoms with Gasteiger partial charge in [0.25, 0.3) is 11.6 Å². The number of carbonyl (C=O) groups is 2. The average molecular weight is 447 g/mol. The van der Waals surface area contributed by atoms with Gasteiger partial charge in [0.1, 0.15) is 0 Å². The summed E-state index contributed by atoms with van der Waals surface area (Å²) in [5.41, 5.74) is 2.75. The van der Waals surface area contributed by atoms with Gasteiger partial charge in [-0.2, -0.15) is 0 Å². The van der Waals surface area contributed by atoms with Crippen LogP contribution in [0.5, 0.6) is 0 Å². The predicted molar refractivity (Wildman–Crippen MR) is 120 cm³/mol. The summed E-state index contributed by atoms with van der Waals surface area (Å²) in [5.74, 6) is 0.872. The van der Waals surface area contributed by atoms with Gasteiger partial charge < -0.3 is 9.64 Å². The quantitative estimate of drug-likeness (QED) is 0.385. The van der Waals surface area contributed by atoms with Gasteiger partial charge in [-0.15, -0.1) is 0 Å². The van der Waals surface area contributed by atoms with Crippen molar-refractivity contribution in [2.45, 2.75) is 50.6 Å². The molecule has 7 nitrogen and oxygen atoms in total. The largest absolute Gasteiger partial charge is 0.469 e. The third-order valence-electron chi connectivity index (χ3n) is 8.55. The van der Waals surface area contributed by atoms with Crippen molar-refractivity contribution in [2.24, 2.45) is 17.3 Å². The maximum absolute atomic E-state index is 13.7. The Labute approximate surface area is 191 Å². The zero-order valence-corrected chi connectivity index (χ0v) is 18.6. The second kappa shape index (κ2) is 6.89. The number of methoxy groups -OCH3 is 1. The lowest BCUT2D eigenvalue weighted by molar-refractivity contribution is -0.384. The molecule has 7 heteroatoms. The SMILES string of the molecule is COC(=O)C12CC3CC(C1)CC(N1Cc4ccc(-c5ccc([N+](=O)[O-])cc5)cc4C1=O)(C3)C2. The zero-order valence-electron chi connectivity index (χ0n) is 18.6. The summed E-state index contributed by atoms with van der Waals surface area (Å²) in [6.07, 6.45) is 5.57. The van der Waals surface area contributed by atoms with Crippen molar-refractivity contribution in [3.8, 4) is 11.1 Å². The maximum atomic E-state index is 13.7. The highest BCUT2D eigenvalue weighted by molar-refractivity contribution is 6.00. The van der Waals surface area contributed by atoms with Crippen LogP contribution in [0.15, 0.2) is 42.5 Å². The molecule has 0 aromatic heterocycles. The molecule has 1 aliphatic heterocycles. The van der Waals surface area contributed by atoms with Gasteiger partial charge >= 0.3 is 5.97 Å². The third-order valence-corrected chi connectivity index (χ3v) is 8.55. The topological polar surface area (TPSA) is 89.8 Å². The molecule has 5 aliphatic rings. The van der Waals surface area contributed by atoms with Crippen LogP contribution in [0.2, 0.25) is 0 Å². The maximum Gasteiger partial charge on any atom is 0.311 e. The number of carbonyl (C=O) groups excluding carboxylic acids is 2. The summed E-state index contributed by atoms with van der Waals surface area (Å²) in [6, 6.07) is 12.3. The van der Waals surface area contributed by atoms with E-state index in [-0.39, 0.29) is 23.1 Å². The van der Waals surface area contributed by atoms with Gasteiger partial charge in [-0.05, 0) is 85.3 Å². The molecule has 0 radical (unpaired) electrons. The first-order valence-electron chi connectivity index (χ1n) is 11.6. The van der Waals surface area contributed by atoms with Crippen molar-refractivity contribution in [1.29, 1.82) is 0 Å². The Hall–Kier alpha value is -3.22. The number of esters is 1. The first-order chi connectivity index (χ1) is 15.8. The van der Waals surface area contributed by atoms with E-state index >= 15 is 0 Å². The highest BCUT2D eigenvalue weighted by atomic mass is 16.6. The minimum Gasteiger partial charge on any atom is -0.469 e. The minimum absolute atomic E-state index is 0.0377. The lowest BCUT2D eigenvalue weighted by atomic mass is 9.46. The molecule has 2 atom stereocenters. The summed E-state index contributed by atoms with van der Waals surface area (Å²) < 4.78 is 5.23. The number of hydrogen-bond acceptors (Lipinski definition) is 5. The molecule has 1 amide bonds. The Morgan fingerprint density at radius 2 is 1.73 bits per heavy atom. The smallest absolute Gasteiger partial charge is 0.311 e. The summed E-state index contributed by atoms with van der Waals surface area (Å²) >= 11 is 0. The van der Waals surface area contributed by atoms with Gasteiger partial charge in [-0.3, -0.25) is 19.7 Å². The average Bonchev–Trinajstić information content (AvgIpc) is 3.14. The number of nitro benzene ring substituents is 1. The van der Waals surface area contributed by atoms with E-state index in [1.807, 2.05) is 23.1 Å². The fourth-order valence-corrected chi connectivity index (χ4v) is 7.62. The normalized spacial score (nSPS) is 31.5. The lowest BCUT2D eigenvalue weighted by Crippen LogP contribution is -2.64. The molecule has 4 bridgehead atoms. The van der Waals surface area contributed by atoms with Gasteiger partial charge in [-0.1, -0.05) is 12.1 Å².